The molecule has 0 aromatic heterocycles. The van der Waals surface area contributed by atoms with Gasteiger partial charge in [0.15, 0.2) is 0 Å². The molecule has 1 aliphatic rings. The molecule has 0 saturated carbocycles. The molecule has 0 aliphatic carbocycles. The SMILES string of the molecule is O=S1(=O)OS(=O)(=O)C(F)(F)CC1(F)F. The third-order valence-corrected chi connectivity index (χ3v) is 4.51. The van der Waals surface area contributed by atoms with Crippen molar-refractivity contribution in [1.29, 1.82) is 0 Å². The van der Waals surface area contributed by atoms with Gasteiger partial charge in [0.1, 0.15) is 6.42 Å². The Balaban J connectivity index is 3.36. The standard InChI is InChI=1S/C3H2F4O5S2/c4-2(5)1-3(6,7)14(10,11)12-13(2,8)9/h1H2. The molecule has 0 atom stereocenters. The molecule has 0 radical (unpaired) electrons. The minimum absolute atomic E-state index is 2.63. The van der Waals surface area contributed by atoms with Crippen LogP contribution < -0.4 is 0 Å². The van der Waals surface area contributed by atoms with Gasteiger partial charge < -0.3 is 0 Å². The number of hydrogen-bond donors (Lipinski definition) is 0. The van der Waals surface area contributed by atoms with Crippen LogP contribution in [0.15, 0.2) is 0 Å². The first-order chi connectivity index (χ1) is 5.91. The van der Waals surface area contributed by atoms with Gasteiger partial charge in [-0.15, -0.1) is 3.63 Å². The Labute approximate surface area is 75.9 Å². The van der Waals surface area contributed by atoms with Gasteiger partial charge in [-0.3, -0.25) is 0 Å². The first-order valence-electron chi connectivity index (χ1n) is 2.87. The molecule has 84 valence electrons. The number of hydrogen-bond acceptors (Lipinski definition) is 5. The number of rotatable bonds is 0. The predicted octanol–water partition coefficient (Wildman–Crippen LogP) is 0.252. The van der Waals surface area contributed by atoms with Crippen molar-refractivity contribution < 1.29 is 38.0 Å². The van der Waals surface area contributed by atoms with Crippen molar-refractivity contribution in [1.82, 2.24) is 0 Å². The van der Waals surface area contributed by atoms with E-state index in [-0.39, 0.29) is 0 Å². The van der Waals surface area contributed by atoms with E-state index in [1.807, 2.05) is 0 Å². The van der Waals surface area contributed by atoms with Gasteiger partial charge in [0, 0.05) is 0 Å². The van der Waals surface area contributed by atoms with Crippen molar-refractivity contribution >= 4 is 20.2 Å². The molecule has 0 aromatic rings. The summed E-state index contributed by atoms with van der Waals surface area (Å²) in [5.74, 6) is 0. The van der Waals surface area contributed by atoms with Gasteiger partial charge in [-0.05, 0) is 0 Å². The maximum atomic E-state index is 12.4. The molecule has 14 heavy (non-hydrogen) atoms. The molecule has 0 amide bonds. The van der Waals surface area contributed by atoms with Crippen LogP contribution in [-0.2, 0) is 23.9 Å². The summed E-state index contributed by atoms with van der Waals surface area (Å²) in [6, 6.07) is 0. The van der Waals surface area contributed by atoms with Gasteiger partial charge >= 0.3 is 30.7 Å². The van der Waals surface area contributed by atoms with Gasteiger partial charge in [-0.2, -0.15) is 34.4 Å². The van der Waals surface area contributed by atoms with Crippen LogP contribution >= 0.6 is 0 Å². The van der Waals surface area contributed by atoms with E-state index in [0.29, 0.717) is 0 Å². The monoisotopic (exact) mass is 258 g/mol. The summed E-state index contributed by atoms with van der Waals surface area (Å²) in [6.07, 6.45) is -2.63. The molecule has 0 unspecified atom stereocenters. The summed E-state index contributed by atoms with van der Waals surface area (Å²) in [5, 5.41) is -9.83. The van der Waals surface area contributed by atoms with Crippen LogP contribution in [0.4, 0.5) is 17.6 Å². The highest BCUT2D eigenvalue weighted by Gasteiger charge is 2.67. The lowest BCUT2D eigenvalue weighted by molar-refractivity contribution is -0.0337. The Morgan fingerprint density at radius 3 is 1.36 bits per heavy atom. The molecule has 0 N–H and O–H groups in total. The second-order valence-electron chi connectivity index (χ2n) is 2.43. The second kappa shape index (κ2) is 2.58. The van der Waals surface area contributed by atoms with Crippen LogP contribution in [0.3, 0.4) is 0 Å². The molecule has 1 aliphatic heterocycles. The van der Waals surface area contributed by atoms with E-state index in [4.69, 9.17) is 0 Å². The lowest BCUT2D eigenvalue weighted by Gasteiger charge is -2.26. The Morgan fingerprint density at radius 2 is 1.14 bits per heavy atom. The van der Waals surface area contributed by atoms with E-state index >= 15 is 0 Å². The Bertz CT molecular complexity index is 405. The molecule has 5 nitrogen and oxygen atoms in total. The van der Waals surface area contributed by atoms with Crippen molar-refractivity contribution in [3.63, 3.8) is 0 Å². The summed E-state index contributed by atoms with van der Waals surface area (Å²) in [6.45, 7) is 0. The first-order valence-corrected chi connectivity index (χ1v) is 5.69. The van der Waals surface area contributed by atoms with Gasteiger partial charge in [0.25, 0.3) is 0 Å². The lowest BCUT2D eigenvalue weighted by Crippen LogP contribution is -2.49. The average Bonchev–Trinajstić information content (AvgIpc) is 1.78. The Hall–Kier alpha value is -0.420. The van der Waals surface area contributed by atoms with E-state index in [0.717, 1.165) is 0 Å². The molecule has 0 bridgehead atoms. The summed E-state index contributed by atoms with van der Waals surface area (Å²) in [4.78, 5) is 0. The average molecular weight is 258 g/mol. The predicted molar refractivity (Wildman–Crippen MR) is 33.4 cm³/mol. The molecule has 0 aromatic carbocycles. The normalized spacial score (nSPS) is 32.3. The van der Waals surface area contributed by atoms with Crippen molar-refractivity contribution in [3.8, 4) is 0 Å². The fraction of sp³-hybridized carbons (Fsp3) is 1.00. The number of alkyl halides is 4. The van der Waals surface area contributed by atoms with E-state index in [1.165, 1.54) is 0 Å². The largest absolute Gasteiger partial charge is 0.378 e. The summed E-state index contributed by atoms with van der Waals surface area (Å²) >= 11 is 0. The lowest BCUT2D eigenvalue weighted by atomic mass is 10.4. The van der Waals surface area contributed by atoms with Crippen LogP contribution in [0, 0.1) is 0 Å². The minimum atomic E-state index is -5.84. The zero-order valence-corrected chi connectivity index (χ0v) is 7.71. The molecule has 11 heteroatoms. The fourth-order valence-electron chi connectivity index (χ4n) is 0.634. The van der Waals surface area contributed by atoms with Crippen molar-refractivity contribution in [2.75, 3.05) is 0 Å². The van der Waals surface area contributed by atoms with Crippen molar-refractivity contribution in [2.24, 2.45) is 0 Å². The maximum absolute atomic E-state index is 12.4. The highest BCUT2D eigenvalue weighted by molar-refractivity contribution is 8.01. The quantitative estimate of drug-likeness (QED) is 0.582. The zero-order chi connectivity index (χ0) is 11.4. The zero-order valence-electron chi connectivity index (χ0n) is 6.08. The topological polar surface area (TPSA) is 77.5 Å². The van der Waals surface area contributed by atoms with E-state index in [1.54, 1.807) is 0 Å². The van der Waals surface area contributed by atoms with E-state index in [9.17, 15) is 34.4 Å². The van der Waals surface area contributed by atoms with Crippen molar-refractivity contribution in [3.05, 3.63) is 0 Å². The van der Waals surface area contributed by atoms with Crippen LogP contribution in [0.1, 0.15) is 6.42 Å². The molecular weight excluding hydrogens is 256 g/mol. The molecule has 1 heterocycles. The minimum Gasteiger partial charge on any atom is -0.192 e. The molecular formula is C3H2F4O5S2. The molecule has 1 fully saturated rings. The van der Waals surface area contributed by atoms with Crippen LogP contribution in [0.5, 0.6) is 0 Å². The maximum Gasteiger partial charge on any atom is 0.378 e. The molecule has 1 saturated heterocycles. The van der Waals surface area contributed by atoms with Gasteiger partial charge in [-0.1, -0.05) is 0 Å². The first kappa shape index (κ1) is 11.7. The van der Waals surface area contributed by atoms with E-state index in [2.05, 4.69) is 3.63 Å². The van der Waals surface area contributed by atoms with Gasteiger partial charge in [0.2, 0.25) is 0 Å². The van der Waals surface area contributed by atoms with Gasteiger partial charge in [0.05, 0.1) is 0 Å². The van der Waals surface area contributed by atoms with Crippen LogP contribution in [0.2, 0.25) is 0 Å². The highest BCUT2D eigenvalue weighted by Crippen LogP contribution is 2.45. The van der Waals surface area contributed by atoms with E-state index < -0.39 is 37.2 Å². The van der Waals surface area contributed by atoms with Gasteiger partial charge in [-0.25, -0.2) is 0 Å². The molecule has 1 rings (SSSR count). The molecule has 0 spiro atoms. The third kappa shape index (κ3) is 1.48. The number of halogens is 4. The van der Waals surface area contributed by atoms with Crippen LogP contribution in [-0.4, -0.2) is 27.3 Å². The summed E-state index contributed by atoms with van der Waals surface area (Å²) < 4.78 is 93.5. The van der Waals surface area contributed by atoms with Crippen molar-refractivity contribution in [2.45, 2.75) is 16.9 Å². The highest BCUT2D eigenvalue weighted by atomic mass is 32.3. The smallest absolute Gasteiger partial charge is 0.192 e. The van der Waals surface area contributed by atoms with Crippen LogP contribution in [0.25, 0.3) is 0 Å². The Morgan fingerprint density at radius 1 is 0.857 bits per heavy atom. The summed E-state index contributed by atoms with van der Waals surface area (Å²) in [7, 11) is -11.7. The summed E-state index contributed by atoms with van der Waals surface area (Å²) in [5.41, 5.74) is 0. The Kier molecular flexibility index (Phi) is 2.15. The second-order valence-corrected chi connectivity index (χ2v) is 5.98. The fourth-order valence-corrected chi connectivity index (χ4v) is 3.18. The third-order valence-electron chi connectivity index (χ3n) is 1.32.